The lowest BCUT2D eigenvalue weighted by Crippen LogP contribution is -2.43. The Labute approximate surface area is 241 Å². The maximum atomic E-state index is 13.1. The van der Waals surface area contributed by atoms with Crippen LogP contribution in [0.15, 0.2) is 30.3 Å². The zero-order valence-corrected chi connectivity index (χ0v) is 24.3. The van der Waals surface area contributed by atoms with Crippen LogP contribution in [0.25, 0.3) is 0 Å². The van der Waals surface area contributed by atoms with Crippen molar-refractivity contribution in [1.29, 1.82) is 0 Å². The molecule has 2 aromatic carbocycles. The average molecular weight is 580 g/mol. The SMILES string of the molecule is CCCCC(C)N(CCNCCc1ccc(O)c2c1OCC(=O)N2)C(=O)CCNCCc1ccc(Cl)c(Cl)c1. The number of benzene rings is 2. The first-order valence-electron chi connectivity index (χ1n) is 13.7. The first-order chi connectivity index (χ1) is 18.8. The normalized spacial score (nSPS) is 13.4. The van der Waals surface area contributed by atoms with Crippen molar-refractivity contribution in [2.75, 3.05) is 44.6 Å². The third kappa shape index (κ3) is 9.57. The summed E-state index contributed by atoms with van der Waals surface area (Å²) in [6.07, 6.45) is 5.09. The Morgan fingerprint density at radius 3 is 2.64 bits per heavy atom. The van der Waals surface area contributed by atoms with E-state index in [1.807, 2.05) is 23.1 Å². The molecular formula is C29H40Cl2N4O4. The Hall–Kier alpha value is -2.52. The number of nitrogens with zero attached hydrogens (tertiary/aromatic N) is 1. The zero-order chi connectivity index (χ0) is 28.2. The molecule has 8 nitrogen and oxygen atoms in total. The van der Waals surface area contributed by atoms with Crippen LogP contribution in [-0.4, -0.2) is 67.2 Å². The fraction of sp³-hybridized carbons (Fsp3) is 0.517. The molecule has 1 aliphatic rings. The molecule has 0 fully saturated rings. The summed E-state index contributed by atoms with van der Waals surface area (Å²) in [6.45, 7) is 7.58. The van der Waals surface area contributed by atoms with Gasteiger partial charge in [-0.1, -0.05) is 55.1 Å². The molecule has 0 aliphatic carbocycles. The second-order valence-electron chi connectivity index (χ2n) is 9.86. The maximum Gasteiger partial charge on any atom is 0.262 e. The van der Waals surface area contributed by atoms with E-state index in [9.17, 15) is 14.7 Å². The fourth-order valence-electron chi connectivity index (χ4n) is 4.60. The van der Waals surface area contributed by atoms with E-state index in [1.54, 1.807) is 12.1 Å². The van der Waals surface area contributed by atoms with Crippen LogP contribution in [0.3, 0.4) is 0 Å². The summed E-state index contributed by atoms with van der Waals surface area (Å²) in [6, 6.07) is 9.20. The van der Waals surface area contributed by atoms with E-state index in [1.165, 1.54) is 0 Å². The summed E-state index contributed by atoms with van der Waals surface area (Å²) in [5.41, 5.74) is 2.34. The first kappa shape index (κ1) is 31.0. The van der Waals surface area contributed by atoms with Crippen LogP contribution in [0.5, 0.6) is 11.5 Å². The van der Waals surface area contributed by atoms with Gasteiger partial charge < -0.3 is 30.7 Å². The number of halogens is 2. The summed E-state index contributed by atoms with van der Waals surface area (Å²) in [4.78, 5) is 26.7. The second kappa shape index (κ2) is 15.9. The predicted octanol–water partition coefficient (Wildman–Crippen LogP) is 4.79. The van der Waals surface area contributed by atoms with E-state index in [4.69, 9.17) is 27.9 Å². The Morgan fingerprint density at radius 1 is 1.10 bits per heavy atom. The van der Waals surface area contributed by atoms with Crippen LogP contribution < -0.4 is 20.7 Å². The number of unbranched alkanes of at least 4 members (excludes halogenated alkanes) is 1. The van der Waals surface area contributed by atoms with E-state index < -0.39 is 0 Å². The molecule has 1 heterocycles. The number of anilines is 1. The lowest BCUT2D eigenvalue weighted by atomic mass is 10.1. The number of ether oxygens (including phenoxy) is 1. The van der Waals surface area contributed by atoms with Crippen LogP contribution in [0.4, 0.5) is 5.69 Å². The predicted molar refractivity (Wildman–Crippen MR) is 157 cm³/mol. The van der Waals surface area contributed by atoms with E-state index in [-0.39, 0.29) is 30.2 Å². The number of amides is 2. The third-order valence-corrected chi connectivity index (χ3v) is 7.59. The molecule has 1 unspecified atom stereocenters. The molecule has 4 N–H and O–H groups in total. The number of carbonyl (C=O) groups is 2. The van der Waals surface area contributed by atoms with Crippen LogP contribution in [0, 0.1) is 0 Å². The summed E-state index contributed by atoms with van der Waals surface area (Å²) < 4.78 is 5.56. The number of hydrogen-bond acceptors (Lipinski definition) is 6. The van der Waals surface area contributed by atoms with Crippen LogP contribution in [0.1, 0.15) is 50.7 Å². The van der Waals surface area contributed by atoms with Gasteiger partial charge in [-0.2, -0.15) is 0 Å². The Kier molecular flexibility index (Phi) is 12.7. The Morgan fingerprint density at radius 2 is 1.87 bits per heavy atom. The van der Waals surface area contributed by atoms with Gasteiger partial charge in [-0.15, -0.1) is 0 Å². The van der Waals surface area contributed by atoms with Crippen molar-refractivity contribution >= 4 is 40.7 Å². The highest BCUT2D eigenvalue weighted by atomic mass is 35.5. The van der Waals surface area contributed by atoms with Gasteiger partial charge in [-0.25, -0.2) is 0 Å². The Balaban J connectivity index is 1.43. The zero-order valence-electron chi connectivity index (χ0n) is 22.8. The lowest BCUT2D eigenvalue weighted by Gasteiger charge is -2.30. The molecule has 2 aromatic rings. The van der Waals surface area contributed by atoms with Crippen molar-refractivity contribution in [3.63, 3.8) is 0 Å². The summed E-state index contributed by atoms with van der Waals surface area (Å²) in [5.74, 6) is 0.387. The summed E-state index contributed by atoms with van der Waals surface area (Å²) >= 11 is 12.1. The molecule has 0 bridgehead atoms. The molecule has 0 saturated carbocycles. The van der Waals surface area contributed by atoms with Gasteiger partial charge in [0.2, 0.25) is 5.91 Å². The maximum absolute atomic E-state index is 13.1. The molecule has 0 radical (unpaired) electrons. The van der Waals surface area contributed by atoms with Gasteiger partial charge in [0.1, 0.15) is 11.4 Å². The quantitative estimate of drug-likeness (QED) is 0.169. The second-order valence-corrected chi connectivity index (χ2v) is 10.7. The van der Waals surface area contributed by atoms with Crippen LogP contribution in [0.2, 0.25) is 10.0 Å². The monoisotopic (exact) mass is 578 g/mol. The molecule has 10 heteroatoms. The van der Waals surface area contributed by atoms with Crippen molar-refractivity contribution in [3.05, 3.63) is 51.5 Å². The Bertz CT molecular complexity index is 1110. The number of fused-ring (bicyclic) bond motifs is 1. The highest BCUT2D eigenvalue weighted by Crippen LogP contribution is 2.39. The highest BCUT2D eigenvalue weighted by Gasteiger charge is 2.22. The number of hydrogen-bond donors (Lipinski definition) is 4. The molecular weight excluding hydrogens is 539 g/mol. The number of phenolic OH excluding ortho intramolecular Hbond substituents is 1. The third-order valence-electron chi connectivity index (χ3n) is 6.85. The van der Waals surface area contributed by atoms with E-state index >= 15 is 0 Å². The highest BCUT2D eigenvalue weighted by molar-refractivity contribution is 6.42. The largest absolute Gasteiger partial charge is 0.506 e. The number of rotatable bonds is 16. The number of phenols is 1. The minimum atomic E-state index is -0.281. The van der Waals surface area contributed by atoms with Gasteiger partial charge in [-0.3, -0.25) is 9.59 Å². The minimum absolute atomic E-state index is 0.00570. The van der Waals surface area contributed by atoms with Gasteiger partial charge in [-0.05, 0) is 68.6 Å². The molecule has 0 aromatic heterocycles. The topological polar surface area (TPSA) is 103 Å². The molecule has 1 atom stereocenters. The average Bonchev–Trinajstić information content (AvgIpc) is 2.92. The summed E-state index contributed by atoms with van der Waals surface area (Å²) in [5, 5.41) is 20.6. The lowest BCUT2D eigenvalue weighted by molar-refractivity contribution is -0.133. The molecule has 1 aliphatic heterocycles. The van der Waals surface area contributed by atoms with Gasteiger partial charge in [0.05, 0.1) is 10.0 Å². The van der Waals surface area contributed by atoms with E-state index in [0.717, 1.165) is 43.4 Å². The molecule has 3 rings (SSSR count). The molecule has 39 heavy (non-hydrogen) atoms. The van der Waals surface area contributed by atoms with Crippen molar-refractivity contribution < 1.29 is 19.4 Å². The van der Waals surface area contributed by atoms with Gasteiger partial charge in [0, 0.05) is 32.1 Å². The van der Waals surface area contributed by atoms with Crippen molar-refractivity contribution in [2.24, 2.45) is 0 Å². The van der Waals surface area contributed by atoms with Crippen molar-refractivity contribution in [1.82, 2.24) is 15.5 Å². The minimum Gasteiger partial charge on any atom is -0.506 e. The molecule has 0 saturated heterocycles. The number of carbonyl (C=O) groups excluding carboxylic acids is 2. The molecule has 2 amide bonds. The molecule has 0 spiro atoms. The van der Waals surface area contributed by atoms with Crippen LogP contribution >= 0.6 is 23.2 Å². The fourth-order valence-corrected chi connectivity index (χ4v) is 4.92. The van der Waals surface area contributed by atoms with Crippen LogP contribution in [-0.2, 0) is 22.4 Å². The number of nitrogens with one attached hydrogen (secondary N) is 3. The van der Waals surface area contributed by atoms with Gasteiger partial charge >= 0.3 is 0 Å². The summed E-state index contributed by atoms with van der Waals surface area (Å²) in [7, 11) is 0. The number of aromatic hydroxyl groups is 1. The van der Waals surface area contributed by atoms with Gasteiger partial charge in [0.15, 0.2) is 12.4 Å². The van der Waals surface area contributed by atoms with Crippen molar-refractivity contribution in [2.45, 2.75) is 58.4 Å². The molecule has 214 valence electrons. The smallest absolute Gasteiger partial charge is 0.262 e. The van der Waals surface area contributed by atoms with Crippen molar-refractivity contribution in [3.8, 4) is 11.5 Å². The standard InChI is InChI=1S/C29H40Cl2N4O4/c1-3-4-5-20(2)35(27(38)12-15-32-13-10-21-6-8-23(30)24(31)18-21)17-16-33-14-11-22-7-9-25(36)28-29(22)39-19-26(37)34-28/h6-9,18,20,32-33,36H,3-5,10-17,19H2,1-2H3,(H,34,37). The van der Waals surface area contributed by atoms with E-state index in [2.05, 4.69) is 29.8 Å². The van der Waals surface area contributed by atoms with E-state index in [0.29, 0.717) is 60.5 Å². The first-order valence-corrected chi connectivity index (χ1v) is 14.5. The van der Waals surface area contributed by atoms with Gasteiger partial charge in [0.25, 0.3) is 5.91 Å².